The minimum absolute atomic E-state index is 0.149. The second kappa shape index (κ2) is 7.09. The average Bonchev–Trinajstić information content (AvgIpc) is 2.53. The van der Waals surface area contributed by atoms with Crippen LogP contribution >= 0.6 is 0 Å². The van der Waals surface area contributed by atoms with Gasteiger partial charge in [0.05, 0.1) is 31.3 Å². The number of carbonyl (C=O) groups excluding carboxylic acids is 1. The fraction of sp³-hybridized carbons (Fsp3) is 0.857. The number of aliphatic hydroxyl groups is 1. The number of hydrogen-bond acceptors (Lipinski definition) is 4. The molecule has 2 rings (SSSR count). The lowest BCUT2D eigenvalue weighted by Gasteiger charge is -2.37. The molecule has 1 unspecified atom stereocenters. The number of nitrogens with one attached hydrogen (secondary N) is 1. The first-order valence-corrected chi connectivity index (χ1v) is 7.55. The normalized spacial score (nSPS) is 25.4. The first-order valence-electron chi connectivity index (χ1n) is 7.55. The van der Waals surface area contributed by atoms with Gasteiger partial charge in [-0.25, -0.2) is 4.79 Å². The van der Waals surface area contributed by atoms with E-state index >= 15 is 0 Å². The van der Waals surface area contributed by atoms with Crippen molar-refractivity contribution in [1.29, 1.82) is 0 Å². The lowest BCUT2D eigenvalue weighted by molar-refractivity contribution is -0.150. The lowest BCUT2D eigenvalue weighted by atomic mass is 9.74. The molecule has 1 saturated carbocycles. The summed E-state index contributed by atoms with van der Waals surface area (Å²) in [6.45, 7) is 1.16. The molecule has 1 aliphatic heterocycles. The van der Waals surface area contributed by atoms with Crippen LogP contribution in [0.4, 0.5) is 4.79 Å². The minimum atomic E-state index is -0.838. The third kappa shape index (κ3) is 3.65. The van der Waals surface area contributed by atoms with Crippen LogP contribution < -0.4 is 5.32 Å². The number of hydrogen-bond donors (Lipinski definition) is 3. The highest BCUT2D eigenvalue weighted by Crippen LogP contribution is 2.36. The van der Waals surface area contributed by atoms with Gasteiger partial charge in [0.1, 0.15) is 0 Å². The first-order chi connectivity index (χ1) is 10.1. The van der Waals surface area contributed by atoms with E-state index in [0.717, 1.165) is 19.3 Å². The number of urea groups is 1. The standard InChI is InChI=1S/C14H24N2O5/c17-8-11-9-21-7-6-16(11)13(20)15-10-14(12(18)19)4-2-1-3-5-14/h11,17H,1-10H2,(H,15,20)(H,18,19). The Balaban J connectivity index is 1.93. The van der Waals surface area contributed by atoms with Gasteiger partial charge >= 0.3 is 12.0 Å². The molecule has 1 atom stereocenters. The van der Waals surface area contributed by atoms with Crippen LogP contribution in [0, 0.1) is 5.41 Å². The number of carbonyl (C=O) groups is 2. The molecule has 0 aromatic heterocycles. The largest absolute Gasteiger partial charge is 0.481 e. The Labute approximate surface area is 124 Å². The topological polar surface area (TPSA) is 99.1 Å². The summed E-state index contributed by atoms with van der Waals surface area (Å²) in [6, 6.07) is -0.672. The van der Waals surface area contributed by atoms with Crippen molar-refractivity contribution in [3.05, 3.63) is 0 Å². The van der Waals surface area contributed by atoms with Crippen LogP contribution in [0.3, 0.4) is 0 Å². The number of rotatable bonds is 4. The quantitative estimate of drug-likeness (QED) is 0.699. The number of carboxylic acids is 1. The fourth-order valence-electron chi connectivity index (χ4n) is 3.11. The van der Waals surface area contributed by atoms with Gasteiger partial charge in [-0.3, -0.25) is 4.79 Å². The van der Waals surface area contributed by atoms with E-state index in [9.17, 15) is 19.8 Å². The van der Waals surface area contributed by atoms with Crippen molar-refractivity contribution in [1.82, 2.24) is 10.2 Å². The van der Waals surface area contributed by atoms with E-state index in [1.54, 1.807) is 0 Å². The summed E-state index contributed by atoms with van der Waals surface area (Å²) in [4.78, 5) is 25.3. The molecular formula is C14H24N2O5. The Morgan fingerprint density at radius 2 is 2.00 bits per heavy atom. The number of aliphatic hydroxyl groups excluding tert-OH is 1. The van der Waals surface area contributed by atoms with Crippen molar-refractivity contribution in [2.24, 2.45) is 5.41 Å². The van der Waals surface area contributed by atoms with E-state index in [2.05, 4.69) is 5.32 Å². The van der Waals surface area contributed by atoms with E-state index in [4.69, 9.17) is 4.74 Å². The average molecular weight is 300 g/mol. The zero-order valence-corrected chi connectivity index (χ0v) is 12.2. The molecule has 3 N–H and O–H groups in total. The Morgan fingerprint density at radius 1 is 1.29 bits per heavy atom. The van der Waals surface area contributed by atoms with Crippen molar-refractivity contribution in [3.8, 4) is 0 Å². The molecule has 0 aromatic carbocycles. The first kappa shape index (κ1) is 16.0. The van der Waals surface area contributed by atoms with E-state index in [0.29, 0.717) is 32.6 Å². The molecule has 7 heteroatoms. The van der Waals surface area contributed by atoms with Gasteiger partial charge in [0.2, 0.25) is 0 Å². The van der Waals surface area contributed by atoms with Crippen molar-refractivity contribution in [3.63, 3.8) is 0 Å². The van der Waals surface area contributed by atoms with Gasteiger partial charge in [-0.2, -0.15) is 0 Å². The summed E-state index contributed by atoms with van der Waals surface area (Å²) in [5.74, 6) is -0.830. The maximum absolute atomic E-state index is 12.2. The van der Waals surface area contributed by atoms with Crippen LogP contribution in [0.1, 0.15) is 32.1 Å². The molecule has 2 aliphatic rings. The monoisotopic (exact) mass is 300 g/mol. The molecule has 1 aliphatic carbocycles. The van der Waals surface area contributed by atoms with E-state index < -0.39 is 11.4 Å². The minimum Gasteiger partial charge on any atom is -0.481 e. The Kier molecular flexibility index (Phi) is 5.41. The summed E-state index contributed by atoms with van der Waals surface area (Å²) in [7, 11) is 0. The lowest BCUT2D eigenvalue weighted by Crippen LogP contribution is -2.56. The maximum Gasteiger partial charge on any atom is 0.317 e. The summed E-state index contributed by atoms with van der Waals surface area (Å²) in [6.07, 6.45) is 4.04. The van der Waals surface area contributed by atoms with Crippen molar-refractivity contribution >= 4 is 12.0 Å². The molecule has 120 valence electrons. The van der Waals surface area contributed by atoms with E-state index in [1.165, 1.54) is 4.90 Å². The molecule has 21 heavy (non-hydrogen) atoms. The SMILES string of the molecule is O=C(NCC1(C(=O)O)CCCCC1)N1CCOCC1CO. The number of carboxylic acid groups (broad SMARTS) is 1. The Hall–Kier alpha value is -1.34. The number of morpholine rings is 1. The van der Waals surface area contributed by atoms with Crippen LogP contribution in [-0.2, 0) is 9.53 Å². The molecule has 0 bridgehead atoms. The number of aliphatic carboxylic acids is 1. The van der Waals surface area contributed by atoms with E-state index in [-0.39, 0.29) is 25.2 Å². The van der Waals surface area contributed by atoms with Crippen LogP contribution in [0.5, 0.6) is 0 Å². The molecule has 2 fully saturated rings. The Bertz CT molecular complexity index is 382. The summed E-state index contributed by atoms with van der Waals surface area (Å²) < 4.78 is 5.23. The second-order valence-electron chi connectivity index (χ2n) is 5.91. The van der Waals surface area contributed by atoms with Gasteiger partial charge in [-0.05, 0) is 12.8 Å². The molecule has 7 nitrogen and oxygen atoms in total. The fourth-order valence-corrected chi connectivity index (χ4v) is 3.11. The molecule has 1 heterocycles. The van der Waals surface area contributed by atoms with E-state index in [1.807, 2.05) is 0 Å². The van der Waals surface area contributed by atoms with Gasteiger partial charge in [-0.15, -0.1) is 0 Å². The van der Waals surface area contributed by atoms with Crippen molar-refractivity contribution in [2.45, 2.75) is 38.1 Å². The third-order valence-corrected chi connectivity index (χ3v) is 4.54. The zero-order valence-electron chi connectivity index (χ0n) is 12.2. The predicted octanol–water partition coefficient (Wildman–Crippen LogP) is 0.424. The smallest absolute Gasteiger partial charge is 0.317 e. The predicted molar refractivity (Wildman–Crippen MR) is 75.0 cm³/mol. The van der Waals surface area contributed by atoms with Crippen LogP contribution in [-0.4, -0.2) is 66.1 Å². The van der Waals surface area contributed by atoms with Gasteiger partial charge in [0.15, 0.2) is 0 Å². The molecular weight excluding hydrogens is 276 g/mol. The second-order valence-corrected chi connectivity index (χ2v) is 5.91. The van der Waals surface area contributed by atoms with Crippen molar-refractivity contribution < 1.29 is 24.5 Å². The molecule has 0 spiro atoms. The van der Waals surface area contributed by atoms with Gasteiger partial charge in [0, 0.05) is 13.1 Å². The van der Waals surface area contributed by atoms with Gasteiger partial charge in [0.25, 0.3) is 0 Å². The van der Waals surface area contributed by atoms with Crippen molar-refractivity contribution in [2.75, 3.05) is 32.9 Å². The van der Waals surface area contributed by atoms with Gasteiger partial charge < -0.3 is 25.2 Å². The van der Waals surface area contributed by atoms with Crippen LogP contribution in [0.15, 0.2) is 0 Å². The summed E-state index contributed by atoms with van der Waals surface area (Å²) >= 11 is 0. The third-order valence-electron chi connectivity index (χ3n) is 4.54. The number of nitrogens with zero attached hydrogens (tertiary/aromatic N) is 1. The Morgan fingerprint density at radius 3 is 2.62 bits per heavy atom. The zero-order chi connectivity index (χ0) is 15.3. The highest BCUT2D eigenvalue weighted by molar-refractivity contribution is 5.78. The van der Waals surface area contributed by atoms with Gasteiger partial charge in [-0.1, -0.05) is 19.3 Å². The van der Waals surface area contributed by atoms with Crippen LogP contribution in [0.25, 0.3) is 0 Å². The van der Waals surface area contributed by atoms with Crippen LogP contribution in [0.2, 0.25) is 0 Å². The number of ether oxygens (including phenoxy) is 1. The summed E-state index contributed by atoms with van der Waals surface area (Å²) in [5.41, 5.74) is -0.838. The highest BCUT2D eigenvalue weighted by atomic mass is 16.5. The summed E-state index contributed by atoms with van der Waals surface area (Å²) in [5, 5.41) is 21.5. The molecule has 0 radical (unpaired) electrons. The maximum atomic E-state index is 12.2. The molecule has 1 saturated heterocycles. The highest BCUT2D eigenvalue weighted by Gasteiger charge is 2.40. The molecule has 2 amide bonds. The molecule has 0 aromatic rings. The number of amides is 2.